The first kappa shape index (κ1) is 14.8. The number of carbonyl (C=O) groups is 1. The van der Waals surface area contributed by atoms with Gasteiger partial charge in [0.1, 0.15) is 13.1 Å². The highest BCUT2D eigenvalue weighted by atomic mass is 32.1. The van der Waals surface area contributed by atoms with E-state index in [1.54, 1.807) is 6.20 Å². The number of hydrogen-bond donors (Lipinski definition) is 0. The predicted molar refractivity (Wildman–Crippen MR) is 82.2 cm³/mol. The highest BCUT2D eigenvalue weighted by Crippen LogP contribution is 2.37. The van der Waals surface area contributed by atoms with E-state index >= 15 is 0 Å². The minimum absolute atomic E-state index is 0.0281. The van der Waals surface area contributed by atoms with Gasteiger partial charge in [-0.3, -0.25) is 4.79 Å². The number of rotatable bonds is 4. The molecule has 0 saturated carbocycles. The summed E-state index contributed by atoms with van der Waals surface area (Å²) in [5, 5.41) is 6.76. The van der Waals surface area contributed by atoms with Crippen LogP contribution in [0.3, 0.4) is 0 Å². The molecular formula is C15H19N4O3S+. The monoisotopic (exact) mass is 335 g/mol. The maximum absolute atomic E-state index is 11.3. The third-order valence-corrected chi connectivity index (χ3v) is 5.68. The third kappa shape index (κ3) is 2.88. The molecule has 2 aromatic heterocycles. The fourth-order valence-electron chi connectivity index (χ4n) is 3.82. The maximum atomic E-state index is 11.3. The average molecular weight is 335 g/mol. The van der Waals surface area contributed by atoms with E-state index in [1.807, 2.05) is 5.38 Å². The fraction of sp³-hybridized carbons (Fsp3) is 0.600. The smallest absolute Gasteiger partial charge is 0.303 e. The topological polar surface area (TPSA) is 78.1 Å². The third-order valence-electron chi connectivity index (χ3n) is 4.92. The lowest BCUT2D eigenvalue weighted by Gasteiger charge is -2.51. The Morgan fingerprint density at radius 1 is 1.48 bits per heavy atom. The molecule has 3 aliphatic rings. The molecule has 2 bridgehead atoms. The van der Waals surface area contributed by atoms with Gasteiger partial charge in [-0.2, -0.15) is 4.98 Å². The first-order valence-electron chi connectivity index (χ1n) is 7.88. The van der Waals surface area contributed by atoms with Crippen molar-refractivity contribution < 1.29 is 18.5 Å². The molecule has 23 heavy (non-hydrogen) atoms. The van der Waals surface area contributed by atoms with Gasteiger partial charge < -0.3 is 13.7 Å². The minimum Gasteiger partial charge on any atom is -0.456 e. The van der Waals surface area contributed by atoms with E-state index in [1.165, 1.54) is 18.3 Å². The molecule has 7 nitrogen and oxygen atoms in total. The molecule has 3 aliphatic heterocycles. The molecule has 122 valence electrons. The quantitative estimate of drug-likeness (QED) is 0.627. The van der Waals surface area contributed by atoms with E-state index < -0.39 is 0 Å². The van der Waals surface area contributed by atoms with Crippen molar-refractivity contribution in [1.29, 1.82) is 0 Å². The molecule has 5 heterocycles. The van der Waals surface area contributed by atoms with Crippen molar-refractivity contribution in [3.63, 3.8) is 0 Å². The largest absolute Gasteiger partial charge is 0.456 e. The number of thiazole rings is 1. The summed E-state index contributed by atoms with van der Waals surface area (Å²) in [4.78, 5) is 20.0. The van der Waals surface area contributed by atoms with Crippen LogP contribution in [-0.4, -0.2) is 51.3 Å². The van der Waals surface area contributed by atoms with Gasteiger partial charge in [0.25, 0.3) is 5.89 Å². The molecule has 0 aromatic carbocycles. The van der Waals surface area contributed by atoms with Crippen LogP contribution in [0.25, 0.3) is 10.9 Å². The van der Waals surface area contributed by atoms with Gasteiger partial charge in [-0.25, -0.2) is 4.98 Å². The van der Waals surface area contributed by atoms with Crippen LogP contribution in [0.2, 0.25) is 0 Å². The lowest BCUT2D eigenvalue weighted by Crippen LogP contribution is -2.63. The van der Waals surface area contributed by atoms with Gasteiger partial charge in [0.15, 0.2) is 11.1 Å². The molecule has 1 atom stereocenters. The van der Waals surface area contributed by atoms with E-state index in [0.29, 0.717) is 17.6 Å². The number of carbonyl (C=O) groups excluding carboxylic acids is 1. The molecular weight excluding hydrogens is 316 g/mol. The van der Waals surface area contributed by atoms with Crippen molar-refractivity contribution in [3.05, 3.63) is 17.4 Å². The number of quaternary nitrogens is 1. The van der Waals surface area contributed by atoms with Gasteiger partial charge in [0.05, 0.1) is 13.1 Å². The Labute approximate surface area is 137 Å². The van der Waals surface area contributed by atoms with Crippen molar-refractivity contribution in [1.82, 2.24) is 15.1 Å². The summed E-state index contributed by atoms with van der Waals surface area (Å²) < 4.78 is 11.7. The van der Waals surface area contributed by atoms with E-state index in [9.17, 15) is 4.79 Å². The standard InChI is InChI=1S/C15H19N4O3S/c1-10(20)21-12-8-19(5-2-11(12)3-6-19)9-13-17-14(22-18-13)15-16-4-7-23-15/h4,7,11-12H,2-3,5-6,8-9H2,1H3/q+1/t11?,12-,19?/m0/s1. The lowest BCUT2D eigenvalue weighted by atomic mass is 9.83. The number of nitrogens with zero attached hydrogens (tertiary/aromatic N) is 4. The van der Waals surface area contributed by atoms with Crippen LogP contribution in [0, 0.1) is 5.92 Å². The van der Waals surface area contributed by atoms with Gasteiger partial charge in [0, 0.05) is 37.3 Å². The lowest BCUT2D eigenvalue weighted by molar-refractivity contribution is -0.958. The van der Waals surface area contributed by atoms with Crippen LogP contribution in [-0.2, 0) is 16.1 Å². The molecule has 0 N–H and O–H groups in total. The van der Waals surface area contributed by atoms with Gasteiger partial charge in [-0.05, 0) is 0 Å². The number of esters is 1. The Morgan fingerprint density at radius 2 is 2.30 bits per heavy atom. The second kappa shape index (κ2) is 5.68. The fourth-order valence-corrected chi connectivity index (χ4v) is 4.38. The molecule has 8 heteroatoms. The van der Waals surface area contributed by atoms with E-state index in [0.717, 1.165) is 48.5 Å². The molecule has 0 spiro atoms. The second-order valence-electron chi connectivity index (χ2n) is 6.47. The van der Waals surface area contributed by atoms with Crippen LogP contribution < -0.4 is 0 Å². The number of hydrogen-bond acceptors (Lipinski definition) is 7. The van der Waals surface area contributed by atoms with Gasteiger partial charge in [0.2, 0.25) is 5.82 Å². The highest BCUT2D eigenvalue weighted by molar-refractivity contribution is 7.12. The number of aromatic nitrogens is 3. The Morgan fingerprint density at radius 3 is 3.00 bits per heavy atom. The molecule has 2 aromatic rings. The van der Waals surface area contributed by atoms with Crippen molar-refractivity contribution in [2.75, 3.05) is 19.6 Å². The summed E-state index contributed by atoms with van der Waals surface area (Å²) in [6, 6.07) is 0. The Balaban J connectivity index is 1.50. The Hall–Kier alpha value is -1.80. The molecule has 3 fully saturated rings. The highest BCUT2D eigenvalue weighted by Gasteiger charge is 2.48. The Bertz CT molecular complexity index is 691. The first-order valence-corrected chi connectivity index (χ1v) is 8.76. The molecule has 0 amide bonds. The zero-order chi connectivity index (χ0) is 15.9. The van der Waals surface area contributed by atoms with Crippen molar-refractivity contribution >= 4 is 17.3 Å². The van der Waals surface area contributed by atoms with E-state index in [-0.39, 0.29) is 12.1 Å². The SMILES string of the molecule is CC(=O)O[C@H]1C[N+]2(Cc3noc(-c4nccs4)n3)CCC1CC2. The van der Waals surface area contributed by atoms with Gasteiger partial charge in [-0.15, -0.1) is 11.3 Å². The Kier molecular flexibility index (Phi) is 3.65. The molecule has 5 rings (SSSR count). The zero-order valence-electron chi connectivity index (χ0n) is 13.0. The maximum Gasteiger partial charge on any atom is 0.303 e. The zero-order valence-corrected chi connectivity index (χ0v) is 13.8. The number of ether oxygens (including phenoxy) is 1. The van der Waals surface area contributed by atoms with E-state index in [2.05, 4.69) is 15.1 Å². The summed E-state index contributed by atoms with van der Waals surface area (Å²) in [6.07, 6.45) is 3.94. The van der Waals surface area contributed by atoms with Crippen molar-refractivity contribution in [2.45, 2.75) is 32.4 Å². The normalized spacial score (nSPS) is 29.6. The van der Waals surface area contributed by atoms with Gasteiger partial charge in [-0.1, -0.05) is 5.16 Å². The summed E-state index contributed by atoms with van der Waals surface area (Å²) in [5.41, 5.74) is 0. The van der Waals surface area contributed by atoms with Crippen molar-refractivity contribution in [3.8, 4) is 10.9 Å². The van der Waals surface area contributed by atoms with Gasteiger partial charge >= 0.3 is 5.97 Å². The average Bonchev–Trinajstić information content (AvgIpc) is 3.18. The summed E-state index contributed by atoms with van der Waals surface area (Å²) in [6.45, 7) is 5.24. The molecule has 0 unspecified atom stereocenters. The van der Waals surface area contributed by atoms with Crippen LogP contribution in [0.5, 0.6) is 0 Å². The summed E-state index contributed by atoms with van der Waals surface area (Å²) in [7, 11) is 0. The number of piperidine rings is 3. The van der Waals surface area contributed by atoms with Crippen LogP contribution in [0.4, 0.5) is 0 Å². The van der Waals surface area contributed by atoms with Crippen molar-refractivity contribution in [2.24, 2.45) is 5.92 Å². The predicted octanol–water partition coefficient (Wildman–Crippen LogP) is 1.87. The number of fused-ring (bicyclic) bond motifs is 3. The summed E-state index contributed by atoms with van der Waals surface area (Å²) >= 11 is 1.49. The molecule has 3 saturated heterocycles. The summed E-state index contributed by atoms with van der Waals surface area (Å²) in [5.74, 6) is 1.51. The first-order chi connectivity index (χ1) is 11.1. The molecule has 0 aliphatic carbocycles. The minimum atomic E-state index is -0.187. The second-order valence-corrected chi connectivity index (χ2v) is 7.36. The van der Waals surface area contributed by atoms with Crippen LogP contribution in [0.15, 0.2) is 16.1 Å². The van der Waals surface area contributed by atoms with E-state index in [4.69, 9.17) is 9.26 Å². The van der Waals surface area contributed by atoms with Crippen LogP contribution in [0.1, 0.15) is 25.6 Å². The molecule has 0 radical (unpaired) electrons. The van der Waals surface area contributed by atoms with Crippen LogP contribution >= 0.6 is 11.3 Å².